The Morgan fingerprint density at radius 2 is 1.70 bits per heavy atom. The SMILES string of the molecule is Cc1ccccc1Oc1ccc(N2C(=S)N[C@H](c3ccccn3)[C@H]2c2ccc(-c3ccc([N+](=O)[O-])cc3)o2)cc1. The number of pyridine rings is 1. The number of furan rings is 1. The first-order valence-electron chi connectivity index (χ1n) is 12.7. The molecule has 6 rings (SSSR count). The van der Waals surface area contributed by atoms with Crippen LogP contribution < -0.4 is 15.0 Å². The second kappa shape index (κ2) is 10.6. The lowest BCUT2D eigenvalue weighted by atomic mass is 10.0. The molecule has 40 heavy (non-hydrogen) atoms. The largest absolute Gasteiger partial charge is 0.459 e. The van der Waals surface area contributed by atoms with Crippen molar-refractivity contribution in [3.05, 3.63) is 136 Å². The van der Waals surface area contributed by atoms with Gasteiger partial charge in [-0.15, -0.1) is 0 Å². The van der Waals surface area contributed by atoms with E-state index in [0.29, 0.717) is 22.4 Å². The van der Waals surface area contributed by atoms with Crippen molar-refractivity contribution in [3.63, 3.8) is 0 Å². The first-order chi connectivity index (χ1) is 19.5. The Morgan fingerprint density at radius 1 is 0.950 bits per heavy atom. The summed E-state index contributed by atoms with van der Waals surface area (Å²) in [6.07, 6.45) is 1.75. The minimum atomic E-state index is -0.421. The van der Waals surface area contributed by atoms with Gasteiger partial charge in [0.1, 0.15) is 29.1 Å². The van der Waals surface area contributed by atoms with E-state index >= 15 is 0 Å². The Labute approximate surface area is 236 Å². The van der Waals surface area contributed by atoms with E-state index in [1.807, 2.05) is 90.7 Å². The number of benzene rings is 3. The van der Waals surface area contributed by atoms with Gasteiger partial charge in [-0.05, 0) is 91.4 Å². The Balaban J connectivity index is 1.34. The highest BCUT2D eigenvalue weighted by Crippen LogP contribution is 2.43. The second-order valence-corrected chi connectivity index (χ2v) is 9.75. The van der Waals surface area contributed by atoms with Crippen LogP contribution in [-0.2, 0) is 0 Å². The zero-order valence-corrected chi connectivity index (χ0v) is 22.2. The zero-order valence-electron chi connectivity index (χ0n) is 21.4. The molecular formula is C31H24N4O4S. The molecule has 0 aliphatic carbocycles. The molecule has 198 valence electrons. The van der Waals surface area contributed by atoms with Crippen LogP contribution in [0, 0.1) is 17.0 Å². The normalized spacial score (nSPS) is 16.5. The Kier molecular flexibility index (Phi) is 6.71. The van der Waals surface area contributed by atoms with E-state index < -0.39 is 4.92 Å². The number of nitro groups is 1. The van der Waals surface area contributed by atoms with Gasteiger partial charge in [0.25, 0.3) is 5.69 Å². The fourth-order valence-corrected chi connectivity index (χ4v) is 5.15. The highest BCUT2D eigenvalue weighted by molar-refractivity contribution is 7.80. The highest BCUT2D eigenvalue weighted by atomic mass is 32.1. The van der Waals surface area contributed by atoms with Gasteiger partial charge in [-0.2, -0.15) is 0 Å². The third-order valence-electron chi connectivity index (χ3n) is 6.82. The van der Waals surface area contributed by atoms with Crippen LogP contribution in [0.2, 0.25) is 0 Å². The molecule has 0 spiro atoms. The monoisotopic (exact) mass is 548 g/mol. The molecule has 3 heterocycles. The van der Waals surface area contributed by atoms with Gasteiger partial charge in [-0.3, -0.25) is 15.1 Å². The summed E-state index contributed by atoms with van der Waals surface area (Å²) < 4.78 is 12.5. The van der Waals surface area contributed by atoms with E-state index in [0.717, 1.165) is 28.3 Å². The summed E-state index contributed by atoms with van der Waals surface area (Å²) in [5.74, 6) is 2.80. The minimum absolute atomic E-state index is 0.0251. The van der Waals surface area contributed by atoms with Crippen molar-refractivity contribution < 1.29 is 14.1 Å². The molecule has 9 heteroatoms. The van der Waals surface area contributed by atoms with Crippen molar-refractivity contribution in [1.82, 2.24) is 10.3 Å². The van der Waals surface area contributed by atoms with Crippen LogP contribution in [0.15, 0.2) is 114 Å². The molecule has 1 aliphatic heterocycles. The Hall–Kier alpha value is -5.02. The van der Waals surface area contributed by atoms with Gasteiger partial charge < -0.3 is 19.4 Å². The molecule has 0 radical (unpaired) electrons. The predicted molar refractivity (Wildman–Crippen MR) is 156 cm³/mol. The van der Waals surface area contributed by atoms with E-state index in [1.54, 1.807) is 18.3 Å². The molecule has 3 aromatic carbocycles. The van der Waals surface area contributed by atoms with E-state index in [4.69, 9.17) is 21.4 Å². The van der Waals surface area contributed by atoms with Gasteiger partial charge in [0.05, 0.1) is 16.7 Å². The third-order valence-corrected chi connectivity index (χ3v) is 7.13. The summed E-state index contributed by atoms with van der Waals surface area (Å²) in [4.78, 5) is 17.3. The first kappa shape index (κ1) is 25.3. The third kappa shape index (κ3) is 4.90. The zero-order chi connectivity index (χ0) is 27.6. The minimum Gasteiger partial charge on any atom is -0.459 e. The number of aryl methyl sites for hydroxylation is 1. The van der Waals surface area contributed by atoms with Gasteiger partial charge in [-0.25, -0.2) is 0 Å². The second-order valence-electron chi connectivity index (χ2n) is 9.36. The van der Waals surface area contributed by atoms with Crippen LogP contribution in [0.3, 0.4) is 0 Å². The van der Waals surface area contributed by atoms with Gasteiger partial charge >= 0.3 is 0 Å². The maximum Gasteiger partial charge on any atom is 0.269 e. The number of hydrogen-bond acceptors (Lipinski definition) is 6. The van der Waals surface area contributed by atoms with Crippen molar-refractivity contribution in [2.24, 2.45) is 0 Å². The maximum atomic E-state index is 11.1. The highest BCUT2D eigenvalue weighted by Gasteiger charge is 2.42. The molecule has 1 aliphatic rings. The Bertz CT molecular complexity index is 1670. The van der Waals surface area contributed by atoms with Crippen LogP contribution in [-0.4, -0.2) is 15.0 Å². The van der Waals surface area contributed by atoms with Crippen molar-refractivity contribution >= 4 is 28.7 Å². The van der Waals surface area contributed by atoms with Crippen molar-refractivity contribution in [2.75, 3.05) is 4.90 Å². The van der Waals surface area contributed by atoms with Gasteiger partial charge in [0, 0.05) is 29.6 Å². The average molecular weight is 549 g/mol. The molecule has 0 saturated carbocycles. The lowest BCUT2D eigenvalue weighted by molar-refractivity contribution is -0.384. The number of hydrogen-bond donors (Lipinski definition) is 1. The average Bonchev–Trinajstić information content (AvgIpc) is 3.60. The molecule has 0 unspecified atom stereocenters. The summed E-state index contributed by atoms with van der Waals surface area (Å²) in [5, 5.41) is 15.0. The molecule has 8 nitrogen and oxygen atoms in total. The molecule has 2 aromatic heterocycles. The summed E-state index contributed by atoms with van der Waals surface area (Å²) in [5.41, 5.74) is 3.51. The summed E-state index contributed by atoms with van der Waals surface area (Å²) in [7, 11) is 0. The fourth-order valence-electron chi connectivity index (χ4n) is 4.81. The molecule has 0 amide bonds. The molecule has 2 atom stereocenters. The van der Waals surface area contributed by atoms with Gasteiger partial charge in [-0.1, -0.05) is 24.3 Å². The lowest BCUT2D eigenvalue weighted by Crippen LogP contribution is -2.29. The molecule has 0 bridgehead atoms. The van der Waals surface area contributed by atoms with E-state index in [2.05, 4.69) is 10.3 Å². The van der Waals surface area contributed by atoms with Crippen LogP contribution >= 0.6 is 12.2 Å². The van der Waals surface area contributed by atoms with Crippen molar-refractivity contribution in [1.29, 1.82) is 0 Å². The number of nitro benzene ring substituents is 1. The number of rotatable bonds is 7. The smallest absolute Gasteiger partial charge is 0.269 e. The first-order valence-corrected chi connectivity index (χ1v) is 13.1. The molecular weight excluding hydrogens is 524 g/mol. The van der Waals surface area contributed by atoms with Crippen LogP contribution in [0.4, 0.5) is 11.4 Å². The number of aromatic nitrogens is 1. The molecule has 1 fully saturated rings. The summed E-state index contributed by atoms with van der Waals surface area (Å²) in [6.45, 7) is 2.01. The maximum absolute atomic E-state index is 11.1. The summed E-state index contributed by atoms with van der Waals surface area (Å²) >= 11 is 5.82. The number of para-hydroxylation sites is 1. The number of nitrogens with zero attached hydrogens (tertiary/aromatic N) is 3. The number of ether oxygens (including phenoxy) is 1. The predicted octanol–water partition coefficient (Wildman–Crippen LogP) is 7.53. The molecule has 1 N–H and O–H groups in total. The standard InChI is InChI=1S/C31H24N4O4S/c1-20-6-2-3-8-26(20)38-24-15-13-22(14-16-24)34-30(29(33-31(34)40)25-7-4-5-19-32-25)28-18-17-27(39-28)21-9-11-23(12-10-21)35(36)37/h2-19,29-30H,1H3,(H,33,40)/t29-,30-/m1/s1. The van der Waals surface area contributed by atoms with Crippen molar-refractivity contribution in [2.45, 2.75) is 19.0 Å². The number of anilines is 1. The number of nitrogens with one attached hydrogen (secondary N) is 1. The molecule has 1 saturated heterocycles. The quantitative estimate of drug-likeness (QED) is 0.127. The fraction of sp³-hybridized carbons (Fsp3) is 0.0968. The van der Waals surface area contributed by atoms with Gasteiger partial charge in [0.15, 0.2) is 5.11 Å². The topological polar surface area (TPSA) is 93.7 Å². The van der Waals surface area contributed by atoms with E-state index in [1.165, 1.54) is 12.1 Å². The van der Waals surface area contributed by atoms with Crippen LogP contribution in [0.25, 0.3) is 11.3 Å². The number of thiocarbonyl (C=S) groups is 1. The van der Waals surface area contributed by atoms with Gasteiger partial charge in [0.2, 0.25) is 0 Å². The number of non-ortho nitro benzene ring substituents is 1. The van der Waals surface area contributed by atoms with Crippen LogP contribution in [0.1, 0.15) is 29.1 Å². The van der Waals surface area contributed by atoms with Crippen LogP contribution in [0.5, 0.6) is 11.5 Å². The van der Waals surface area contributed by atoms with E-state index in [9.17, 15) is 10.1 Å². The Morgan fingerprint density at radius 3 is 2.40 bits per heavy atom. The molecule has 5 aromatic rings. The van der Waals surface area contributed by atoms with Crippen molar-refractivity contribution in [3.8, 4) is 22.8 Å². The lowest BCUT2D eigenvalue weighted by Gasteiger charge is -2.26. The summed E-state index contributed by atoms with van der Waals surface area (Å²) in [6, 6.07) is 30.9. The van der Waals surface area contributed by atoms with E-state index in [-0.39, 0.29) is 17.8 Å².